The zero-order valence-electron chi connectivity index (χ0n) is 19.7. The van der Waals surface area contributed by atoms with Crippen LogP contribution in [0.25, 0.3) is 0 Å². The summed E-state index contributed by atoms with van der Waals surface area (Å²) < 4.78 is 11.6. The van der Waals surface area contributed by atoms with Gasteiger partial charge in [0.25, 0.3) is 0 Å². The SMILES string of the molecule is CC(=O)OC1C2[C@](C)([C@H](O)[C@H](C)C3=C(C)[C@@H](O)C[C@]1(O)C3(C)C)[C@@H](C)C[C@H]1OC[C@@]21O. The van der Waals surface area contributed by atoms with E-state index in [4.69, 9.17) is 9.47 Å². The fourth-order valence-electron chi connectivity index (χ4n) is 7.74. The van der Waals surface area contributed by atoms with Crippen LogP contribution in [0.1, 0.15) is 61.3 Å². The molecule has 3 fully saturated rings. The standard InChI is InChI=1S/C24H38O7/c1-11-8-16-23(28,10-30-16)18-20(31-14(4)25)24(29)9-15(26)12(2)17(21(24,5)6)13(3)19(27)22(11,18)7/h11,13,15-16,18-20,26-29H,8-10H2,1-7H3/t11-,13+,15-,16+,18?,19+,20?,22+,23-,24+/m0/s1. The van der Waals surface area contributed by atoms with Crippen molar-refractivity contribution in [3.63, 3.8) is 0 Å². The molecule has 0 spiro atoms. The van der Waals surface area contributed by atoms with E-state index in [9.17, 15) is 25.2 Å². The Kier molecular flexibility index (Phi) is 5.06. The second-order valence-electron chi connectivity index (χ2n) is 11.4. The van der Waals surface area contributed by atoms with Gasteiger partial charge in [0, 0.05) is 36.0 Å². The fourth-order valence-corrected chi connectivity index (χ4v) is 7.74. The molecule has 0 aromatic heterocycles. The zero-order chi connectivity index (χ0) is 23.3. The van der Waals surface area contributed by atoms with E-state index in [1.54, 1.807) is 0 Å². The molecule has 4 aliphatic rings. The normalized spacial score (nSPS) is 53.5. The Morgan fingerprint density at radius 1 is 1.16 bits per heavy atom. The van der Waals surface area contributed by atoms with Gasteiger partial charge >= 0.3 is 5.97 Å². The lowest BCUT2D eigenvalue weighted by atomic mass is 9.42. The summed E-state index contributed by atoms with van der Waals surface area (Å²) in [5, 5.41) is 46.9. The van der Waals surface area contributed by atoms with Crippen molar-refractivity contribution in [2.45, 2.75) is 96.9 Å². The molecule has 1 heterocycles. The quantitative estimate of drug-likeness (QED) is 0.363. The van der Waals surface area contributed by atoms with Gasteiger partial charge in [0.1, 0.15) is 17.3 Å². The molecule has 10 atom stereocenters. The Morgan fingerprint density at radius 3 is 2.29 bits per heavy atom. The molecule has 0 amide bonds. The van der Waals surface area contributed by atoms with Crippen LogP contribution in [0.15, 0.2) is 11.1 Å². The third-order valence-corrected chi connectivity index (χ3v) is 9.73. The first-order valence-corrected chi connectivity index (χ1v) is 11.4. The molecular weight excluding hydrogens is 400 g/mol. The second kappa shape index (κ2) is 6.76. The van der Waals surface area contributed by atoms with Crippen LogP contribution in [0.5, 0.6) is 0 Å². The third kappa shape index (κ3) is 2.67. The molecule has 176 valence electrons. The number of rotatable bonds is 1. The maximum atomic E-state index is 12.3. The van der Waals surface area contributed by atoms with E-state index in [1.165, 1.54) is 6.92 Å². The van der Waals surface area contributed by atoms with Gasteiger partial charge in [-0.15, -0.1) is 0 Å². The summed E-state index contributed by atoms with van der Waals surface area (Å²) in [6, 6.07) is 0. The molecule has 3 aliphatic carbocycles. The Balaban J connectivity index is 2.05. The van der Waals surface area contributed by atoms with Crippen LogP contribution < -0.4 is 0 Å². The van der Waals surface area contributed by atoms with Gasteiger partial charge in [-0.3, -0.25) is 4.79 Å². The Bertz CT molecular complexity index is 821. The molecule has 1 aliphatic heterocycles. The monoisotopic (exact) mass is 438 g/mol. The maximum Gasteiger partial charge on any atom is 0.303 e. The third-order valence-electron chi connectivity index (χ3n) is 9.73. The maximum absolute atomic E-state index is 12.3. The van der Waals surface area contributed by atoms with Crippen LogP contribution in [0, 0.1) is 28.6 Å². The van der Waals surface area contributed by atoms with Crippen molar-refractivity contribution >= 4 is 5.97 Å². The van der Waals surface area contributed by atoms with Gasteiger partial charge in [-0.05, 0) is 24.8 Å². The molecule has 2 unspecified atom stereocenters. The predicted octanol–water partition coefficient (Wildman–Crippen LogP) is 1.56. The van der Waals surface area contributed by atoms with E-state index in [2.05, 4.69) is 0 Å². The van der Waals surface area contributed by atoms with E-state index >= 15 is 0 Å². The number of hydrogen-bond acceptors (Lipinski definition) is 7. The summed E-state index contributed by atoms with van der Waals surface area (Å²) >= 11 is 0. The number of hydrogen-bond donors (Lipinski definition) is 4. The van der Waals surface area contributed by atoms with Crippen molar-refractivity contribution < 1.29 is 34.7 Å². The average Bonchev–Trinajstić information content (AvgIpc) is 2.66. The minimum atomic E-state index is -1.64. The van der Waals surface area contributed by atoms with Crippen LogP contribution in [0.2, 0.25) is 0 Å². The lowest BCUT2D eigenvalue weighted by Crippen LogP contribution is -2.80. The minimum Gasteiger partial charge on any atom is -0.459 e. The summed E-state index contributed by atoms with van der Waals surface area (Å²) in [5.74, 6) is -1.76. The van der Waals surface area contributed by atoms with Gasteiger partial charge in [-0.25, -0.2) is 0 Å². The molecule has 0 radical (unpaired) electrons. The molecule has 2 bridgehead atoms. The lowest BCUT2D eigenvalue weighted by Gasteiger charge is -2.69. The molecular formula is C24H38O7. The highest BCUT2D eigenvalue weighted by Crippen LogP contribution is 2.66. The van der Waals surface area contributed by atoms with Gasteiger partial charge in [-0.2, -0.15) is 0 Å². The fraction of sp³-hybridized carbons (Fsp3) is 0.875. The lowest BCUT2D eigenvalue weighted by molar-refractivity contribution is -0.356. The highest BCUT2D eigenvalue weighted by atomic mass is 16.6. The number of aliphatic hydroxyl groups excluding tert-OH is 2. The van der Waals surface area contributed by atoms with Crippen LogP contribution in [0.4, 0.5) is 0 Å². The van der Waals surface area contributed by atoms with Crippen molar-refractivity contribution in [3.05, 3.63) is 11.1 Å². The molecule has 0 aromatic carbocycles. The van der Waals surface area contributed by atoms with Gasteiger partial charge in [0.05, 0.1) is 24.9 Å². The summed E-state index contributed by atoms with van der Waals surface area (Å²) in [6.45, 7) is 12.9. The van der Waals surface area contributed by atoms with E-state index in [0.29, 0.717) is 6.42 Å². The van der Waals surface area contributed by atoms with Crippen LogP contribution in [0.3, 0.4) is 0 Å². The Labute approximate surface area is 184 Å². The molecule has 2 saturated carbocycles. The molecule has 4 N–H and O–H groups in total. The highest BCUT2D eigenvalue weighted by Gasteiger charge is 2.74. The average molecular weight is 439 g/mol. The van der Waals surface area contributed by atoms with Crippen molar-refractivity contribution in [2.75, 3.05) is 6.61 Å². The van der Waals surface area contributed by atoms with Gasteiger partial charge in [0.15, 0.2) is 0 Å². The van der Waals surface area contributed by atoms with Crippen LogP contribution in [-0.4, -0.2) is 68.6 Å². The predicted molar refractivity (Wildman–Crippen MR) is 113 cm³/mol. The van der Waals surface area contributed by atoms with Crippen LogP contribution >= 0.6 is 0 Å². The van der Waals surface area contributed by atoms with Crippen LogP contribution in [-0.2, 0) is 14.3 Å². The molecule has 31 heavy (non-hydrogen) atoms. The molecule has 7 heteroatoms. The first-order valence-electron chi connectivity index (χ1n) is 11.4. The first kappa shape index (κ1) is 23.2. The number of ether oxygens (including phenoxy) is 2. The summed E-state index contributed by atoms with van der Waals surface area (Å²) in [6.07, 6.45) is -2.83. The molecule has 0 aromatic rings. The number of aliphatic hydroxyl groups is 4. The molecule has 4 rings (SSSR count). The minimum absolute atomic E-state index is 0.0152. The number of carbonyl (C=O) groups is 1. The summed E-state index contributed by atoms with van der Waals surface area (Å²) in [5.41, 5.74) is -3.20. The number of esters is 1. The summed E-state index contributed by atoms with van der Waals surface area (Å²) in [7, 11) is 0. The van der Waals surface area contributed by atoms with E-state index in [-0.39, 0.29) is 24.9 Å². The van der Waals surface area contributed by atoms with Gasteiger partial charge < -0.3 is 29.9 Å². The topological polar surface area (TPSA) is 116 Å². The molecule has 7 nitrogen and oxygen atoms in total. The highest BCUT2D eigenvalue weighted by molar-refractivity contribution is 5.66. The zero-order valence-corrected chi connectivity index (χ0v) is 19.7. The Morgan fingerprint density at radius 2 is 1.77 bits per heavy atom. The Hall–Kier alpha value is -0.990. The van der Waals surface area contributed by atoms with E-state index < -0.39 is 58.3 Å². The van der Waals surface area contributed by atoms with Crippen molar-refractivity contribution in [2.24, 2.45) is 28.6 Å². The van der Waals surface area contributed by atoms with Crippen molar-refractivity contribution in [3.8, 4) is 0 Å². The van der Waals surface area contributed by atoms with Gasteiger partial charge in [0.2, 0.25) is 0 Å². The summed E-state index contributed by atoms with van der Waals surface area (Å²) in [4.78, 5) is 12.3. The van der Waals surface area contributed by atoms with Gasteiger partial charge in [-0.1, -0.05) is 40.2 Å². The number of carbonyl (C=O) groups excluding carboxylic acids is 1. The first-order chi connectivity index (χ1) is 14.1. The smallest absolute Gasteiger partial charge is 0.303 e. The van der Waals surface area contributed by atoms with E-state index in [0.717, 1.165) is 11.1 Å². The largest absolute Gasteiger partial charge is 0.459 e. The molecule has 1 saturated heterocycles. The van der Waals surface area contributed by atoms with Crippen molar-refractivity contribution in [1.82, 2.24) is 0 Å². The van der Waals surface area contributed by atoms with Crippen molar-refractivity contribution in [1.29, 1.82) is 0 Å². The van der Waals surface area contributed by atoms with E-state index in [1.807, 2.05) is 41.5 Å². The number of fused-ring (bicyclic) bond motifs is 5. The second-order valence-corrected chi connectivity index (χ2v) is 11.4.